The summed E-state index contributed by atoms with van der Waals surface area (Å²) in [5.74, 6) is 0.142. The van der Waals surface area contributed by atoms with Crippen LogP contribution >= 0.6 is 11.6 Å². The van der Waals surface area contributed by atoms with Gasteiger partial charge in [0.2, 0.25) is 0 Å². The molecule has 0 unspecified atom stereocenters. The number of nitriles is 1. The molecule has 1 rings (SSSR count). The van der Waals surface area contributed by atoms with E-state index in [1.54, 1.807) is 6.07 Å². The van der Waals surface area contributed by atoms with Gasteiger partial charge in [0.1, 0.15) is 16.8 Å². The van der Waals surface area contributed by atoms with Gasteiger partial charge in [0.15, 0.2) is 0 Å². The van der Waals surface area contributed by atoms with E-state index in [1.165, 1.54) is 11.6 Å². The Labute approximate surface area is 101 Å². The molecule has 0 amide bonds. The number of nitrogens with zero attached hydrogens (tertiary/aromatic N) is 2. The molecule has 1 heterocycles. The molecule has 0 atom stereocenters. The van der Waals surface area contributed by atoms with Crippen LogP contribution in [0.25, 0.3) is 0 Å². The minimum atomic E-state index is -0.311. The maximum Gasteiger partial charge on any atom is 0.270 e. The van der Waals surface area contributed by atoms with E-state index in [1.807, 2.05) is 33.8 Å². The SMILES string of the molecule is CC.CC(C)c1cc(C#N)n(C)c(=O)c1Cl. The first-order chi connectivity index (χ1) is 7.49. The van der Waals surface area contributed by atoms with Crippen molar-refractivity contribution in [2.75, 3.05) is 0 Å². The molecule has 88 valence electrons. The second-order valence-electron chi connectivity index (χ2n) is 3.43. The third kappa shape index (κ3) is 2.86. The first-order valence-electron chi connectivity index (χ1n) is 5.28. The van der Waals surface area contributed by atoms with Gasteiger partial charge >= 0.3 is 0 Å². The smallest absolute Gasteiger partial charge is 0.270 e. The van der Waals surface area contributed by atoms with Crippen molar-refractivity contribution in [2.45, 2.75) is 33.6 Å². The molecule has 0 saturated carbocycles. The van der Waals surface area contributed by atoms with Crippen molar-refractivity contribution in [2.24, 2.45) is 7.05 Å². The minimum Gasteiger partial charge on any atom is -0.302 e. The van der Waals surface area contributed by atoms with Crippen LogP contribution in [-0.2, 0) is 7.05 Å². The van der Waals surface area contributed by atoms with Crippen LogP contribution in [0.3, 0.4) is 0 Å². The first-order valence-corrected chi connectivity index (χ1v) is 5.66. The minimum absolute atomic E-state index is 0.142. The van der Waals surface area contributed by atoms with E-state index in [4.69, 9.17) is 16.9 Å². The van der Waals surface area contributed by atoms with E-state index < -0.39 is 0 Å². The van der Waals surface area contributed by atoms with Crippen molar-refractivity contribution in [1.29, 1.82) is 5.26 Å². The average Bonchev–Trinajstić information content (AvgIpc) is 2.28. The first kappa shape index (κ1) is 14.7. The van der Waals surface area contributed by atoms with Gasteiger partial charge in [0.25, 0.3) is 5.56 Å². The van der Waals surface area contributed by atoms with Crippen LogP contribution in [0.15, 0.2) is 10.9 Å². The van der Waals surface area contributed by atoms with Crippen molar-refractivity contribution in [3.8, 4) is 6.07 Å². The molecule has 0 bridgehead atoms. The van der Waals surface area contributed by atoms with Crippen LogP contribution in [-0.4, -0.2) is 4.57 Å². The van der Waals surface area contributed by atoms with Crippen molar-refractivity contribution >= 4 is 11.6 Å². The van der Waals surface area contributed by atoms with Crippen molar-refractivity contribution in [1.82, 2.24) is 4.57 Å². The number of hydrogen-bond acceptors (Lipinski definition) is 2. The lowest BCUT2D eigenvalue weighted by molar-refractivity contribution is 0.802. The fourth-order valence-corrected chi connectivity index (χ4v) is 1.61. The lowest BCUT2D eigenvalue weighted by Crippen LogP contribution is -2.21. The molecule has 0 aliphatic rings. The maximum absolute atomic E-state index is 11.6. The summed E-state index contributed by atoms with van der Waals surface area (Å²) >= 11 is 5.88. The maximum atomic E-state index is 11.6. The predicted octanol–water partition coefficient (Wildman–Crippen LogP) is 3.06. The number of halogens is 1. The lowest BCUT2D eigenvalue weighted by Gasteiger charge is -2.10. The van der Waals surface area contributed by atoms with Crippen LogP contribution in [0.2, 0.25) is 5.02 Å². The van der Waals surface area contributed by atoms with Crippen molar-refractivity contribution < 1.29 is 0 Å². The van der Waals surface area contributed by atoms with Crippen molar-refractivity contribution in [3.05, 3.63) is 32.7 Å². The molecule has 0 aliphatic carbocycles. The second-order valence-corrected chi connectivity index (χ2v) is 3.81. The molecule has 1 aromatic heterocycles. The van der Waals surface area contributed by atoms with Crippen LogP contribution in [0, 0.1) is 11.3 Å². The predicted molar refractivity (Wildman–Crippen MR) is 66.8 cm³/mol. The number of aromatic nitrogens is 1. The summed E-state index contributed by atoms with van der Waals surface area (Å²) in [7, 11) is 1.54. The highest BCUT2D eigenvalue weighted by Gasteiger charge is 2.12. The summed E-state index contributed by atoms with van der Waals surface area (Å²) in [6, 6.07) is 3.62. The van der Waals surface area contributed by atoms with Gasteiger partial charge in [-0.2, -0.15) is 5.26 Å². The van der Waals surface area contributed by atoms with Gasteiger partial charge in [0.05, 0.1) is 0 Å². The fraction of sp³-hybridized carbons (Fsp3) is 0.500. The summed E-state index contributed by atoms with van der Waals surface area (Å²) in [4.78, 5) is 11.6. The lowest BCUT2D eigenvalue weighted by atomic mass is 10.0. The Bertz CT molecular complexity index is 455. The standard InChI is InChI=1S/C10H11ClN2O.C2H6/c1-6(2)8-4-7(5-12)13(3)10(14)9(8)11;1-2/h4,6H,1-3H3;1-2H3. The van der Waals surface area contributed by atoms with Crippen LogP contribution in [0.1, 0.15) is 44.9 Å². The number of hydrogen-bond donors (Lipinski definition) is 0. The van der Waals surface area contributed by atoms with E-state index >= 15 is 0 Å². The summed E-state index contributed by atoms with van der Waals surface area (Å²) in [6.45, 7) is 7.86. The van der Waals surface area contributed by atoms with E-state index in [-0.39, 0.29) is 16.5 Å². The molecule has 0 aliphatic heterocycles. The second kappa shape index (κ2) is 6.34. The van der Waals surface area contributed by atoms with E-state index in [0.717, 1.165) is 5.56 Å². The molecule has 3 nitrogen and oxygen atoms in total. The molecular weight excluding hydrogens is 224 g/mol. The summed E-state index contributed by atoms with van der Waals surface area (Å²) < 4.78 is 1.26. The largest absolute Gasteiger partial charge is 0.302 e. The highest BCUT2D eigenvalue weighted by Crippen LogP contribution is 2.21. The Kier molecular flexibility index (Phi) is 5.84. The van der Waals surface area contributed by atoms with Gasteiger partial charge in [0, 0.05) is 7.05 Å². The van der Waals surface area contributed by atoms with E-state index in [2.05, 4.69) is 0 Å². The zero-order chi connectivity index (χ0) is 12.9. The Morgan fingerprint density at radius 2 is 1.94 bits per heavy atom. The highest BCUT2D eigenvalue weighted by molar-refractivity contribution is 6.31. The Morgan fingerprint density at radius 1 is 1.44 bits per heavy atom. The summed E-state index contributed by atoms with van der Waals surface area (Å²) in [5, 5.41) is 9.00. The van der Waals surface area contributed by atoms with Gasteiger partial charge in [-0.05, 0) is 17.5 Å². The van der Waals surface area contributed by atoms with Gasteiger partial charge in [-0.3, -0.25) is 4.79 Å². The number of rotatable bonds is 1. The molecule has 0 radical (unpaired) electrons. The van der Waals surface area contributed by atoms with Crippen LogP contribution in [0.5, 0.6) is 0 Å². The van der Waals surface area contributed by atoms with Crippen LogP contribution < -0.4 is 5.56 Å². The Hall–Kier alpha value is -1.27. The molecule has 0 saturated heterocycles. The average molecular weight is 241 g/mol. The molecule has 0 aromatic carbocycles. The highest BCUT2D eigenvalue weighted by atomic mass is 35.5. The normalized spacial score (nSPS) is 9.38. The topological polar surface area (TPSA) is 45.8 Å². The fourth-order valence-electron chi connectivity index (χ4n) is 1.21. The summed E-state index contributed by atoms with van der Waals surface area (Å²) in [5.41, 5.74) is 0.754. The molecule has 0 N–H and O–H groups in total. The van der Waals surface area contributed by atoms with Crippen LogP contribution in [0.4, 0.5) is 0 Å². The summed E-state index contributed by atoms with van der Waals surface area (Å²) in [6.07, 6.45) is 0. The quantitative estimate of drug-likeness (QED) is 0.757. The van der Waals surface area contributed by atoms with Gasteiger partial charge < -0.3 is 4.57 Å². The third-order valence-corrected chi connectivity index (χ3v) is 2.52. The van der Waals surface area contributed by atoms with E-state index in [0.29, 0.717) is 5.69 Å². The molecular formula is C12H17ClN2O. The zero-order valence-electron chi connectivity index (χ0n) is 10.3. The van der Waals surface area contributed by atoms with Gasteiger partial charge in [-0.25, -0.2) is 0 Å². The van der Waals surface area contributed by atoms with Crippen molar-refractivity contribution in [3.63, 3.8) is 0 Å². The van der Waals surface area contributed by atoms with E-state index in [9.17, 15) is 4.79 Å². The zero-order valence-corrected chi connectivity index (χ0v) is 11.1. The molecule has 4 heteroatoms. The molecule has 0 fully saturated rings. The molecule has 1 aromatic rings. The third-order valence-electron chi connectivity index (χ3n) is 2.14. The molecule has 0 spiro atoms. The van der Waals surface area contributed by atoms with Gasteiger partial charge in [-0.15, -0.1) is 0 Å². The Morgan fingerprint density at radius 3 is 2.31 bits per heavy atom. The Balaban J connectivity index is 0.00000106. The molecule has 16 heavy (non-hydrogen) atoms. The monoisotopic (exact) mass is 240 g/mol. The number of pyridine rings is 1. The van der Waals surface area contributed by atoms with Gasteiger partial charge in [-0.1, -0.05) is 39.3 Å².